The van der Waals surface area contributed by atoms with Gasteiger partial charge in [0.15, 0.2) is 0 Å². The zero-order valence-corrected chi connectivity index (χ0v) is 42.0. The summed E-state index contributed by atoms with van der Waals surface area (Å²) in [5.74, 6) is 2.23. The lowest BCUT2D eigenvalue weighted by atomic mass is 9.72. The molecule has 0 bridgehead atoms. The molecule has 5 heteroatoms. The van der Waals surface area contributed by atoms with E-state index >= 15 is 0 Å². The maximum Gasteiger partial charge on any atom is 0.0521 e. The third-order valence-corrected chi connectivity index (χ3v) is 12.3. The normalized spacial score (nSPS) is 17.9. The molecule has 6 atom stereocenters. The summed E-state index contributed by atoms with van der Waals surface area (Å²) in [6.07, 6.45) is 2.32. The Kier molecular flexibility index (Phi) is 21.8. The minimum atomic E-state index is 0.0627. The molecule has 0 aliphatic rings. The van der Waals surface area contributed by atoms with Gasteiger partial charge in [0.2, 0.25) is 0 Å². The van der Waals surface area contributed by atoms with Crippen molar-refractivity contribution in [1.29, 1.82) is 0 Å². The van der Waals surface area contributed by atoms with E-state index in [1.807, 2.05) is 0 Å². The number of rotatable bonds is 22. The van der Waals surface area contributed by atoms with E-state index in [1.165, 1.54) is 0 Å². The second-order valence-electron chi connectivity index (χ2n) is 26.6. The summed E-state index contributed by atoms with van der Waals surface area (Å²) in [7, 11) is 0. The zero-order chi connectivity index (χ0) is 43.5. The van der Waals surface area contributed by atoms with E-state index in [2.05, 4.69) is 166 Å². The molecule has 0 aromatic heterocycles. The fourth-order valence-corrected chi connectivity index (χ4v) is 6.66. The van der Waals surface area contributed by atoms with Crippen LogP contribution in [0.3, 0.4) is 0 Å². The molecule has 0 radical (unpaired) electrons. The first-order valence-corrected chi connectivity index (χ1v) is 22.2. The molecular weight excluding hydrogens is 681 g/mol. The summed E-state index contributed by atoms with van der Waals surface area (Å²) >= 11 is 0. The van der Waals surface area contributed by atoms with Crippen molar-refractivity contribution in [2.24, 2.45) is 78.8 Å². The molecule has 0 fully saturated rings. The van der Waals surface area contributed by atoms with Gasteiger partial charge in [-0.2, -0.15) is 0 Å². The Bertz CT molecular complexity index is 924. The highest BCUT2D eigenvalue weighted by atomic mass is 16.5. The Hall–Kier alpha value is -0.200. The Morgan fingerprint density at radius 1 is 0.218 bits per heavy atom. The number of ether oxygens (including phenoxy) is 5. The molecular formula is C50H102O5. The molecule has 0 saturated heterocycles. The fraction of sp³-hybridized carbons (Fsp3) is 1.00. The van der Waals surface area contributed by atoms with Crippen LogP contribution in [0.2, 0.25) is 0 Å². The molecule has 0 heterocycles. The van der Waals surface area contributed by atoms with E-state index in [0.29, 0.717) is 63.3 Å². The van der Waals surface area contributed by atoms with Crippen LogP contribution in [-0.4, -0.2) is 66.1 Å². The van der Waals surface area contributed by atoms with Gasteiger partial charge in [0.05, 0.1) is 52.9 Å². The highest BCUT2D eigenvalue weighted by molar-refractivity contribution is 4.83. The van der Waals surface area contributed by atoms with Gasteiger partial charge in [0.1, 0.15) is 0 Å². The highest BCUT2D eigenvalue weighted by Crippen LogP contribution is 2.39. The largest absolute Gasteiger partial charge is 0.381 e. The number of hydrogen-bond acceptors (Lipinski definition) is 5. The average Bonchev–Trinajstić information content (AvgIpc) is 2.91. The van der Waals surface area contributed by atoms with Crippen molar-refractivity contribution in [2.75, 3.05) is 66.1 Å². The summed E-state index contributed by atoms with van der Waals surface area (Å²) in [4.78, 5) is 0. The first kappa shape index (κ1) is 54.8. The molecule has 6 unspecified atom stereocenters. The van der Waals surface area contributed by atoms with Gasteiger partial charge in [-0.25, -0.2) is 0 Å². The Morgan fingerprint density at radius 2 is 0.345 bits per heavy atom. The standard InChI is InChI=1S/C50H102O5/c1-43(2,3)25-37(45(7,8)9)27-51-29-39(47(13,14)15)31-53-33-41(49(19,20)21)35-55-36-42(50(22,23)24)34-54-32-40(48(16,17)18)30-52-28-38(46(10,11)12)26-44(4,5)6/h37-42H,25-36H2,1-24H3. The van der Waals surface area contributed by atoms with Crippen LogP contribution >= 0.6 is 0 Å². The summed E-state index contributed by atoms with van der Waals surface area (Å²) in [5.41, 5.74) is 1.30. The van der Waals surface area contributed by atoms with E-state index in [0.717, 1.165) is 39.3 Å². The summed E-state index contributed by atoms with van der Waals surface area (Å²) in [5, 5.41) is 0. The van der Waals surface area contributed by atoms with Crippen LogP contribution in [-0.2, 0) is 23.7 Å². The van der Waals surface area contributed by atoms with Crippen molar-refractivity contribution in [3.63, 3.8) is 0 Å². The van der Waals surface area contributed by atoms with Gasteiger partial charge >= 0.3 is 0 Å². The van der Waals surface area contributed by atoms with E-state index in [1.54, 1.807) is 0 Å². The van der Waals surface area contributed by atoms with Crippen LogP contribution in [0, 0.1) is 78.8 Å². The maximum atomic E-state index is 6.58. The Morgan fingerprint density at radius 3 is 0.455 bits per heavy atom. The number of hydrogen-bond donors (Lipinski definition) is 0. The van der Waals surface area contributed by atoms with E-state index in [-0.39, 0.29) is 55.2 Å². The molecule has 0 N–H and O–H groups in total. The van der Waals surface area contributed by atoms with Gasteiger partial charge in [0.25, 0.3) is 0 Å². The van der Waals surface area contributed by atoms with Gasteiger partial charge in [-0.05, 0) is 68.0 Å². The quantitative estimate of drug-likeness (QED) is 0.109. The third-order valence-electron chi connectivity index (χ3n) is 12.3. The van der Waals surface area contributed by atoms with Crippen molar-refractivity contribution in [1.82, 2.24) is 0 Å². The average molecular weight is 783 g/mol. The third kappa shape index (κ3) is 25.1. The van der Waals surface area contributed by atoms with Crippen LogP contribution in [0.1, 0.15) is 179 Å². The van der Waals surface area contributed by atoms with E-state index < -0.39 is 0 Å². The van der Waals surface area contributed by atoms with Crippen molar-refractivity contribution in [3.05, 3.63) is 0 Å². The second-order valence-corrected chi connectivity index (χ2v) is 26.6. The molecule has 0 spiro atoms. The zero-order valence-electron chi connectivity index (χ0n) is 42.0. The predicted molar refractivity (Wildman–Crippen MR) is 240 cm³/mol. The van der Waals surface area contributed by atoms with Gasteiger partial charge in [-0.15, -0.1) is 0 Å². The molecule has 0 rings (SSSR count). The molecule has 0 aliphatic carbocycles. The Balaban J connectivity index is 5.35. The maximum absolute atomic E-state index is 6.58. The minimum absolute atomic E-state index is 0.0627. The summed E-state index contributed by atoms with van der Waals surface area (Å²) < 4.78 is 32.7. The first-order valence-electron chi connectivity index (χ1n) is 22.2. The monoisotopic (exact) mass is 783 g/mol. The molecule has 0 amide bonds. The van der Waals surface area contributed by atoms with Crippen molar-refractivity contribution < 1.29 is 23.7 Å². The molecule has 0 aliphatic heterocycles. The predicted octanol–water partition coefficient (Wildman–Crippen LogP) is 13.9. The fourth-order valence-electron chi connectivity index (χ4n) is 6.66. The SMILES string of the molecule is CC(C)(C)CC(COCC(COCC(COCC(COCC(COCC(CC(C)(C)C)C(C)(C)C)C(C)(C)C)C(C)(C)C)C(C)(C)C)C(C)(C)C)C(C)(C)C. The molecule has 0 aromatic rings. The van der Waals surface area contributed by atoms with Gasteiger partial charge in [-0.1, -0.05) is 166 Å². The van der Waals surface area contributed by atoms with Crippen LogP contribution in [0.4, 0.5) is 0 Å². The lowest BCUT2D eigenvalue weighted by Crippen LogP contribution is -2.37. The van der Waals surface area contributed by atoms with Crippen LogP contribution in [0.25, 0.3) is 0 Å². The smallest absolute Gasteiger partial charge is 0.0521 e. The lowest BCUT2D eigenvalue weighted by molar-refractivity contribution is -0.0708. The molecule has 5 nitrogen and oxygen atoms in total. The van der Waals surface area contributed by atoms with Crippen LogP contribution in [0.15, 0.2) is 0 Å². The van der Waals surface area contributed by atoms with Crippen molar-refractivity contribution in [3.8, 4) is 0 Å². The molecule has 0 aromatic carbocycles. The van der Waals surface area contributed by atoms with E-state index in [4.69, 9.17) is 23.7 Å². The minimum Gasteiger partial charge on any atom is -0.381 e. The van der Waals surface area contributed by atoms with Gasteiger partial charge in [0, 0.05) is 36.9 Å². The van der Waals surface area contributed by atoms with Gasteiger partial charge in [-0.3, -0.25) is 0 Å². The molecule has 332 valence electrons. The second kappa shape index (κ2) is 21.9. The topological polar surface area (TPSA) is 46.2 Å². The van der Waals surface area contributed by atoms with Crippen LogP contribution in [0.5, 0.6) is 0 Å². The van der Waals surface area contributed by atoms with Crippen molar-refractivity contribution >= 4 is 0 Å². The molecule has 55 heavy (non-hydrogen) atoms. The summed E-state index contributed by atoms with van der Waals surface area (Å²) in [6.45, 7) is 63.0. The molecule has 0 saturated carbocycles. The van der Waals surface area contributed by atoms with E-state index in [9.17, 15) is 0 Å². The Labute approximate surface area is 346 Å². The van der Waals surface area contributed by atoms with Crippen LogP contribution < -0.4 is 0 Å². The lowest BCUT2D eigenvalue weighted by Gasteiger charge is -2.37. The van der Waals surface area contributed by atoms with Crippen molar-refractivity contribution in [2.45, 2.75) is 179 Å². The first-order chi connectivity index (χ1) is 24.3. The highest BCUT2D eigenvalue weighted by Gasteiger charge is 2.34. The van der Waals surface area contributed by atoms with Gasteiger partial charge < -0.3 is 23.7 Å². The summed E-state index contributed by atoms with van der Waals surface area (Å²) in [6, 6.07) is 0.